The first kappa shape index (κ1) is 19.8. The molecule has 0 aromatic carbocycles. The Morgan fingerprint density at radius 3 is 2.46 bits per heavy atom. The molecule has 10 nitrogen and oxygen atoms in total. The Morgan fingerprint density at radius 1 is 1.29 bits per heavy atom. The summed E-state index contributed by atoms with van der Waals surface area (Å²) < 4.78 is 0. The highest BCUT2D eigenvalue weighted by molar-refractivity contribution is 5.92. The van der Waals surface area contributed by atoms with Gasteiger partial charge in [0.05, 0.1) is 12.6 Å². The third-order valence-corrected chi connectivity index (χ3v) is 3.84. The molecule has 136 valence electrons. The van der Waals surface area contributed by atoms with E-state index in [2.05, 4.69) is 10.6 Å². The molecule has 0 radical (unpaired) electrons. The van der Waals surface area contributed by atoms with E-state index in [1.165, 1.54) is 18.7 Å². The number of nitrogens with zero attached hydrogens (tertiary/aromatic N) is 1. The predicted molar refractivity (Wildman–Crippen MR) is 82.6 cm³/mol. The van der Waals surface area contributed by atoms with Gasteiger partial charge in [0, 0.05) is 6.54 Å². The number of amides is 3. The van der Waals surface area contributed by atoms with E-state index < -0.39 is 47.9 Å². The molecule has 1 aliphatic heterocycles. The molecule has 0 saturated carbocycles. The van der Waals surface area contributed by atoms with Crippen LogP contribution in [-0.4, -0.2) is 76.1 Å². The average Bonchev–Trinajstić information content (AvgIpc) is 3.00. The summed E-state index contributed by atoms with van der Waals surface area (Å²) >= 11 is 0. The molecule has 6 N–H and O–H groups in total. The third-order valence-electron chi connectivity index (χ3n) is 3.84. The third kappa shape index (κ3) is 5.17. The van der Waals surface area contributed by atoms with E-state index >= 15 is 0 Å². The Hall–Kier alpha value is -2.20. The van der Waals surface area contributed by atoms with Gasteiger partial charge in [-0.2, -0.15) is 0 Å². The highest BCUT2D eigenvalue weighted by Crippen LogP contribution is 2.17. The van der Waals surface area contributed by atoms with Crippen LogP contribution in [0.1, 0.15) is 26.7 Å². The zero-order valence-electron chi connectivity index (χ0n) is 13.7. The maximum Gasteiger partial charge on any atom is 0.325 e. The number of carboxylic acids is 1. The van der Waals surface area contributed by atoms with Crippen molar-refractivity contribution in [3.05, 3.63) is 0 Å². The van der Waals surface area contributed by atoms with Gasteiger partial charge in [0.15, 0.2) is 0 Å². The first-order valence-corrected chi connectivity index (χ1v) is 7.69. The zero-order valence-corrected chi connectivity index (χ0v) is 13.7. The number of nitrogens with two attached hydrogens (primary N) is 1. The van der Waals surface area contributed by atoms with Gasteiger partial charge in [-0.25, -0.2) is 0 Å². The lowest BCUT2D eigenvalue weighted by Crippen LogP contribution is -2.53. The minimum Gasteiger partial charge on any atom is -0.480 e. The highest BCUT2D eigenvalue weighted by atomic mass is 16.4. The second-order valence-corrected chi connectivity index (χ2v) is 5.80. The van der Waals surface area contributed by atoms with Crippen molar-refractivity contribution in [1.82, 2.24) is 15.5 Å². The largest absolute Gasteiger partial charge is 0.480 e. The second-order valence-electron chi connectivity index (χ2n) is 5.80. The highest BCUT2D eigenvalue weighted by Gasteiger charge is 2.35. The number of carboxylic acid groups (broad SMARTS) is 1. The average molecular weight is 344 g/mol. The van der Waals surface area contributed by atoms with Crippen molar-refractivity contribution in [2.75, 3.05) is 13.1 Å². The first-order chi connectivity index (χ1) is 11.1. The van der Waals surface area contributed by atoms with Crippen LogP contribution >= 0.6 is 0 Å². The molecule has 4 atom stereocenters. The molecule has 3 amide bonds. The lowest BCUT2D eigenvalue weighted by Gasteiger charge is -2.25. The number of nitrogens with one attached hydrogen (secondary N) is 2. The zero-order chi connectivity index (χ0) is 18.4. The number of aliphatic hydroxyl groups excluding tert-OH is 1. The molecule has 1 saturated heterocycles. The SMILES string of the molecule is CC(NC(=O)C1CCCN1C(=O)CNC(=O)C(N)C(C)O)C(=O)O. The molecule has 0 aliphatic carbocycles. The van der Waals surface area contributed by atoms with Crippen LogP contribution in [0.5, 0.6) is 0 Å². The molecule has 0 aromatic rings. The molecule has 10 heteroatoms. The Balaban J connectivity index is 2.58. The van der Waals surface area contributed by atoms with Crippen LogP contribution < -0.4 is 16.4 Å². The van der Waals surface area contributed by atoms with E-state index in [1.54, 1.807) is 0 Å². The van der Waals surface area contributed by atoms with Crippen LogP contribution in [0.2, 0.25) is 0 Å². The van der Waals surface area contributed by atoms with Gasteiger partial charge in [-0.1, -0.05) is 0 Å². The van der Waals surface area contributed by atoms with Crippen molar-refractivity contribution >= 4 is 23.7 Å². The molecule has 0 spiro atoms. The van der Waals surface area contributed by atoms with Crippen LogP contribution in [0, 0.1) is 0 Å². The van der Waals surface area contributed by atoms with Gasteiger partial charge in [0.25, 0.3) is 0 Å². The fraction of sp³-hybridized carbons (Fsp3) is 0.714. The van der Waals surface area contributed by atoms with Crippen LogP contribution in [0.4, 0.5) is 0 Å². The molecule has 0 bridgehead atoms. The van der Waals surface area contributed by atoms with E-state index in [1.807, 2.05) is 0 Å². The summed E-state index contributed by atoms with van der Waals surface area (Å²) in [5.41, 5.74) is 5.45. The molecule has 1 fully saturated rings. The molecule has 1 heterocycles. The van der Waals surface area contributed by atoms with Crippen molar-refractivity contribution in [3.63, 3.8) is 0 Å². The minimum absolute atomic E-state index is 0.344. The van der Waals surface area contributed by atoms with Crippen molar-refractivity contribution < 1.29 is 29.4 Å². The monoisotopic (exact) mass is 344 g/mol. The predicted octanol–water partition coefficient (Wildman–Crippen LogP) is -2.61. The summed E-state index contributed by atoms with van der Waals surface area (Å²) in [5.74, 6) is -2.85. The van der Waals surface area contributed by atoms with Crippen LogP contribution in [0.15, 0.2) is 0 Å². The van der Waals surface area contributed by atoms with E-state index in [-0.39, 0.29) is 6.54 Å². The number of carbonyl (C=O) groups is 4. The molecule has 4 unspecified atom stereocenters. The standard InChI is InChI=1S/C14H24N4O6/c1-7(14(23)24)17-12(21)9-4-3-5-18(9)10(20)6-16-13(22)11(15)8(2)19/h7-9,11,19H,3-6,15H2,1-2H3,(H,16,22)(H,17,21)(H,23,24). The van der Waals surface area contributed by atoms with E-state index in [9.17, 15) is 24.3 Å². The number of likely N-dealkylation sites (tertiary alicyclic amines) is 1. The van der Waals surface area contributed by atoms with Crippen molar-refractivity contribution in [1.29, 1.82) is 0 Å². The van der Waals surface area contributed by atoms with E-state index in [0.29, 0.717) is 19.4 Å². The minimum atomic E-state index is -1.17. The molecule has 1 rings (SSSR count). The Bertz CT molecular complexity index is 509. The van der Waals surface area contributed by atoms with Gasteiger partial charge in [0.2, 0.25) is 17.7 Å². The normalized spacial score (nSPS) is 20.8. The lowest BCUT2D eigenvalue weighted by atomic mass is 10.2. The Morgan fingerprint density at radius 2 is 1.92 bits per heavy atom. The number of aliphatic hydroxyl groups is 1. The number of hydrogen-bond donors (Lipinski definition) is 5. The Labute approximate surface area is 139 Å². The van der Waals surface area contributed by atoms with E-state index in [4.69, 9.17) is 10.8 Å². The van der Waals surface area contributed by atoms with Gasteiger partial charge in [-0.15, -0.1) is 0 Å². The van der Waals surface area contributed by atoms with Crippen molar-refractivity contribution in [3.8, 4) is 0 Å². The summed E-state index contributed by atoms with van der Waals surface area (Å²) in [4.78, 5) is 48.0. The van der Waals surface area contributed by atoms with Crippen molar-refractivity contribution in [2.45, 2.75) is 50.9 Å². The maximum absolute atomic E-state index is 12.2. The van der Waals surface area contributed by atoms with Crippen molar-refractivity contribution in [2.24, 2.45) is 5.73 Å². The summed E-state index contributed by atoms with van der Waals surface area (Å²) in [7, 11) is 0. The summed E-state index contributed by atoms with van der Waals surface area (Å²) in [6.07, 6.45) is -0.0276. The number of carbonyl (C=O) groups excluding carboxylic acids is 3. The van der Waals surface area contributed by atoms with Crippen LogP contribution in [0.3, 0.4) is 0 Å². The number of hydrogen-bond acceptors (Lipinski definition) is 6. The fourth-order valence-electron chi connectivity index (χ4n) is 2.31. The Kier molecular flexibility index (Phi) is 7.11. The fourth-order valence-corrected chi connectivity index (χ4v) is 2.31. The number of aliphatic carboxylic acids is 1. The molecular formula is C14H24N4O6. The van der Waals surface area contributed by atoms with Crippen LogP contribution in [-0.2, 0) is 19.2 Å². The van der Waals surface area contributed by atoms with E-state index in [0.717, 1.165) is 0 Å². The van der Waals surface area contributed by atoms with Gasteiger partial charge in [0.1, 0.15) is 18.1 Å². The van der Waals surface area contributed by atoms with Crippen LogP contribution in [0.25, 0.3) is 0 Å². The summed E-state index contributed by atoms with van der Waals surface area (Å²) in [6, 6.07) is -2.97. The molecule has 24 heavy (non-hydrogen) atoms. The van der Waals surface area contributed by atoms with Gasteiger partial charge in [-0.3, -0.25) is 19.2 Å². The lowest BCUT2D eigenvalue weighted by molar-refractivity contribution is -0.143. The summed E-state index contributed by atoms with van der Waals surface area (Å²) in [6.45, 7) is 2.68. The molecule has 1 aliphatic rings. The van der Waals surface area contributed by atoms with Gasteiger partial charge in [-0.05, 0) is 26.7 Å². The molecule has 0 aromatic heterocycles. The summed E-state index contributed by atoms with van der Waals surface area (Å²) in [5, 5.41) is 22.7. The quantitative estimate of drug-likeness (QED) is 0.338. The van der Waals surface area contributed by atoms with Gasteiger partial charge < -0.3 is 31.5 Å². The van der Waals surface area contributed by atoms with Gasteiger partial charge >= 0.3 is 5.97 Å². The maximum atomic E-state index is 12.2. The smallest absolute Gasteiger partial charge is 0.325 e. The number of rotatable bonds is 7. The topological polar surface area (TPSA) is 162 Å². The first-order valence-electron chi connectivity index (χ1n) is 7.69. The second kappa shape index (κ2) is 8.60. The molecular weight excluding hydrogens is 320 g/mol.